The fraction of sp³-hybridized carbons (Fsp3) is 0.750. The Morgan fingerprint density at radius 1 is 1.48 bits per heavy atom. The molecule has 0 saturated carbocycles. The van der Waals surface area contributed by atoms with Gasteiger partial charge in [-0.15, -0.1) is 0 Å². The first-order valence-electron chi connectivity index (χ1n) is 8.15. The molecule has 0 aliphatic heterocycles. The highest BCUT2D eigenvalue weighted by Crippen LogP contribution is 2.36. The van der Waals surface area contributed by atoms with E-state index in [0.29, 0.717) is 25.5 Å². The van der Waals surface area contributed by atoms with Crippen LogP contribution < -0.4 is 5.73 Å². The van der Waals surface area contributed by atoms with Crippen molar-refractivity contribution in [3.8, 4) is 0 Å². The minimum atomic E-state index is -0.144. The summed E-state index contributed by atoms with van der Waals surface area (Å²) in [6.45, 7) is 5.76. The molecule has 0 fully saturated rings. The number of esters is 1. The van der Waals surface area contributed by atoms with E-state index in [2.05, 4.69) is 6.92 Å². The van der Waals surface area contributed by atoms with Gasteiger partial charge in [0.25, 0.3) is 0 Å². The van der Waals surface area contributed by atoms with Gasteiger partial charge in [0.05, 0.1) is 25.3 Å². The lowest BCUT2D eigenvalue weighted by Gasteiger charge is -2.23. The van der Waals surface area contributed by atoms with Crippen molar-refractivity contribution in [1.29, 1.82) is 0 Å². The molecule has 21 heavy (non-hydrogen) atoms. The quantitative estimate of drug-likeness (QED) is 0.782. The van der Waals surface area contributed by atoms with Crippen molar-refractivity contribution in [1.82, 2.24) is 9.78 Å². The molecule has 1 aliphatic rings. The summed E-state index contributed by atoms with van der Waals surface area (Å²) in [5, 5.41) is 4.74. The lowest BCUT2D eigenvalue weighted by molar-refractivity contribution is -0.143. The third-order valence-corrected chi connectivity index (χ3v) is 4.23. The van der Waals surface area contributed by atoms with E-state index >= 15 is 0 Å². The van der Waals surface area contributed by atoms with E-state index in [9.17, 15) is 4.79 Å². The van der Waals surface area contributed by atoms with Crippen LogP contribution in [0.4, 0.5) is 0 Å². The Bertz CT molecular complexity index is 482. The van der Waals surface area contributed by atoms with E-state index in [1.165, 1.54) is 29.8 Å². The van der Waals surface area contributed by atoms with Gasteiger partial charge >= 0.3 is 5.97 Å². The maximum absolute atomic E-state index is 11.5. The molecule has 2 N–H and O–H groups in total. The summed E-state index contributed by atoms with van der Waals surface area (Å²) >= 11 is 0. The summed E-state index contributed by atoms with van der Waals surface area (Å²) in [4.78, 5) is 11.5. The number of fused-ring (bicyclic) bond motifs is 1. The second kappa shape index (κ2) is 7.59. The highest BCUT2D eigenvalue weighted by atomic mass is 16.5. The first kappa shape index (κ1) is 16.0. The first-order chi connectivity index (χ1) is 10.2. The fourth-order valence-electron chi connectivity index (χ4n) is 3.33. The number of hydrogen-bond acceptors (Lipinski definition) is 4. The Morgan fingerprint density at radius 3 is 2.95 bits per heavy atom. The lowest BCUT2D eigenvalue weighted by Crippen LogP contribution is -2.17. The summed E-state index contributed by atoms with van der Waals surface area (Å²) in [5.41, 5.74) is 9.68. The smallest absolute Gasteiger partial charge is 0.307 e. The molecule has 5 heteroatoms. The average molecular weight is 293 g/mol. The van der Waals surface area contributed by atoms with Crippen LogP contribution in [-0.2, 0) is 28.9 Å². The molecule has 0 amide bonds. The highest BCUT2D eigenvalue weighted by molar-refractivity contribution is 5.69. The minimum Gasteiger partial charge on any atom is -0.466 e. The monoisotopic (exact) mass is 293 g/mol. The molecule has 0 saturated heterocycles. The van der Waals surface area contributed by atoms with Crippen LogP contribution in [0.25, 0.3) is 0 Å². The number of carbonyl (C=O) groups is 1. The van der Waals surface area contributed by atoms with Gasteiger partial charge < -0.3 is 10.5 Å². The molecule has 2 rings (SSSR count). The molecule has 1 aliphatic carbocycles. The van der Waals surface area contributed by atoms with E-state index in [1.807, 2.05) is 11.6 Å². The van der Waals surface area contributed by atoms with Crippen molar-refractivity contribution in [2.45, 2.75) is 64.8 Å². The van der Waals surface area contributed by atoms with Crippen LogP contribution in [0.2, 0.25) is 0 Å². The average Bonchev–Trinajstić information content (AvgIpc) is 2.85. The van der Waals surface area contributed by atoms with Crippen molar-refractivity contribution < 1.29 is 9.53 Å². The van der Waals surface area contributed by atoms with Gasteiger partial charge in [-0.1, -0.05) is 6.92 Å². The molecule has 0 radical (unpaired) electrons. The maximum Gasteiger partial charge on any atom is 0.307 e. The zero-order valence-electron chi connectivity index (χ0n) is 13.2. The molecule has 118 valence electrons. The second-order valence-corrected chi connectivity index (χ2v) is 5.61. The largest absolute Gasteiger partial charge is 0.466 e. The van der Waals surface area contributed by atoms with E-state index in [1.54, 1.807) is 0 Å². The topological polar surface area (TPSA) is 70.1 Å². The third kappa shape index (κ3) is 3.64. The molecule has 1 heterocycles. The van der Waals surface area contributed by atoms with Crippen LogP contribution in [0.5, 0.6) is 0 Å². The number of aryl methyl sites for hydroxylation is 2. The van der Waals surface area contributed by atoms with Gasteiger partial charge in [-0.3, -0.25) is 9.48 Å². The molecule has 0 spiro atoms. The summed E-state index contributed by atoms with van der Waals surface area (Å²) < 4.78 is 7.04. The van der Waals surface area contributed by atoms with Crippen molar-refractivity contribution >= 4 is 5.97 Å². The van der Waals surface area contributed by atoms with Gasteiger partial charge in [0.15, 0.2) is 0 Å². The van der Waals surface area contributed by atoms with E-state index in [-0.39, 0.29) is 5.97 Å². The van der Waals surface area contributed by atoms with Gasteiger partial charge in [0, 0.05) is 5.69 Å². The zero-order valence-corrected chi connectivity index (χ0v) is 13.2. The Balaban J connectivity index is 2.18. The molecule has 1 aromatic rings. The number of rotatable bonds is 7. The summed E-state index contributed by atoms with van der Waals surface area (Å²) in [6, 6.07) is 0. The van der Waals surface area contributed by atoms with E-state index in [0.717, 1.165) is 25.8 Å². The predicted octanol–water partition coefficient (Wildman–Crippen LogP) is 2.17. The fourth-order valence-corrected chi connectivity index (χ4v) is 3.33. The first-order valence-corrected chi connectivity index (χ1v) is 8.15. The molecule has 5 nitrogen and oxygen atoms in total. The molecular formula is C16H27N3O2. The number of carbonyl (C=O) groups excluding carboxylic acids is 1. The maximum atomic E-state index is 11.5. The van der Waals surface area contributed by atoms with E-state index < -0.39 is 0 Å². The molecule has 0 aromatic carbocycles. The number of nitrogens with zero attached hydrogens (tertiary/aromatic N) is 2. The van der Waals surface area contributed by atoms with Gasteiger partial charge in [-0.25, -0.2) is 0 Å². The van der Waals surface area contributed by atoms with Crippen molar-refractivity contribution in [3.05, 3.63) is 17.0 Å². The third-order valence-electron chi connectivity index (χ3n) is 4.23. The summed E-state index contributed by atoms with van der Waals surface area (Å²) in [5.74, 6) is 0.402. The van der Waals surface area contributed by atoms with Crippen LogP contribution in [0.1, 0.15) is 62.4 Å². The van der Waals surface area contributed by atoms with Crippen LogP contribution in [0, 0.1) is 0 Å². The van der Waals surface area contributed by atoms with Crippen molar-refractivity contribution in [3.63, 3.8) is 0 Å². The van der Waals surface area contributed by atoms with Gasteiger partial charge in [0.1, 0.15) is 0 Å². The zero-order chi connectivity index (χ0) is 15.2. The Kier molecular flexibility index (Phi) is 5.79. The van der Waals surface area contributed by atoms with Crippen molar-refractivity contribution in [2.75, 3.05) is 13.2 Å². The minimum absolute atomic E-state index is 0.144. The van der Waals surface area contributed by atoms with E-state index in [4.69, 9.17) is 15.6 Å². The Labute approximate surface area is 126 Å². The molecule has 1 atom stereocenters. The van der Waals surface area contributed by atoms with Gasteiger partial charge in [0.2, 0.25) is 0 Å². The lowest BCUT2D eigenvalue weighted by atomic mass is 9.82. The van der Waals surface area contributed by atoms with Gasteiger partial charge in [-0.2, -0.15) is 5.10 Å². The highest BCUT2D eigenvalue weighted by Gasteiger charge is 2.27. The number of hydrogen-bond donors (Lipinski definition) is 1. The standard InChI is InChI=1S/C16H27N3O2/c1-3-13-16-12(8-10-17)6-5-7-14(16)19(18-13)11-9-15(20)21-4-2/h12H,3-11,17H2,1-2H3. The Hall–Kier alpha value is -1.36. The summed E-state index contributed by atoms with van der Waals surface area (Å²) in [6.07, 6.45) is 5.82. The molecule has 1 aromatic heterocycles. The van der Waals surface area contributed by atoms with Crippen LogP contribution in [0.15, 0.2) is 0 Å². The number of nitrogens with two attached hydrogens (primary N) is 1. The van der Waals surface area contributed by atoms with Crippen LogP contribution in [-0.4, -0.2) is 28.9 Å². The number of ether oxygens (including phenoxy) is 1. The second-order valence-electron chi connectivity index (χ2n) is 5.61. The van der Waals surface area contributed by atoms with Crippen molar-refractivity contribution in [2.24, 2.45) is 5.73 Å². The summed E-state index contributed by atoms with van der Waals surface area (Å²) in [7, 11) is 0. The normalized spacial score (nSPS) is 17.6. The van der Waals surface area contributed by atoms with Crippen LogP contribution >= 0.6 is 0 Å². The molecule has 1 unspecified atom stereocenters. The SMILES string of the molecule is CCOC(=O)CCn1nc(CC)c2c1CCCC2CCN. The Morgan fingerprint density at radius 2 is 2.29 bits per heavy atom. The molecule has 0 bridgehead atoms. The van der Waals surface area contributed by atoms with Crippen LogP contribution in [0.3, 0.4) is 0 Å². The number of aromatic nitrogens is 2. The van der Waals surface area contributed by atoms with Gasteiger partial charge in [-0.05, 0) is 57.1 Å². The molecular weight excluding hydrogens is 266 g/mol. The predicted molar refractivity (Wildman–Crippen MR) is 82.2 cm³/mol.